The predicted molar refractivity (Wildman–Crippen MR) is 90.7 cm³/mol. The molecular formula is C16H19N3O2S2. The maximum Gasteiger partial charge on any atom is 0.240 e. The van der Waals surface area contributed by atoms with Crippen LogP contribution in [0.25, 0.3) is 0 Å². The van der Waals surface area contributed by atoms with Gasteiger partial charge in [-0.05, 0) is 31.0 Å². The van der Waals surface area contributed by atoms with E-state index >= 15 is 0 Å². The van der Waals surface area contributed by atoms with Gasteiger partial charge in [-0.15, -0.1) is 0 Å². The first-order chi connectivity index (χ1) is 11.1. The first kappa shape index (κ1) is 16.4. The van der Waals surface area contributed by atoms with E-state index in [9.17, 15) is 8.42 Å². The Balaban J connectivity index is 1.74. The Labute approximate surface area is 141 Å². The van der Waals surface area contributed by atoms with Crippen molar-refractivity contribution in [1.29, 1.82) is 0 Å². The smallest absolute Gasteiger partial charge is 0.231 e. The number of hydrogen-bond donors (Lipinski definition) is 1. The van der Waals surface area contributed by atoms with Crippen molar-refractivity contribution in [2.75, 3.05) is 0 Å². The Hall–Kier alpha value is -1.44. The van der Waals surface area contributed by atoms with Crippen LogP contribution in [0, 0.1) is 0 Å². The van der Waals surface area contributed by atoms with Gasteiger partial charge in [0.15, 0.2) is 5.16 Å². The van der Waals surface area contributed by atoms with Gasteiger partial charge in [0.2, 0.25) is 10.0 Å². The topological polar surface area (TPSA) is 72.0 Å². The van der Waals surface area contributed by atoms with Gasteiger partial charge in [-0.25, -0.2) is 23.1 Å². The lowest BCUT2D eigenvalue weighted by Gasteiger charge is -2.30. The lowest BCUT2D eigenvalue weighted by molar-refractivity contribution is 0.422. The fourth-order valence-corrected chi connectivity index (χ4v) is 5.31. The minimum atomic E-state index is -3.49. The fraction of sp³-hybridized carbons (Fsp3) is 0.375. The maximum atomic E-state index is 12.5. The molecule has 2 atom stereocenters. The van der Waals surface area contributed by atoms with Crippen molar-refractivity contribution in [2.45, 2.75) is 47.0 Å². The molecule has 3 rings (SSSR count). The zero-order valence-electron chi connectivity index (χ0n) is 12.6. The number of thioether (sulfide) groups is 1. The largest absolute Gasteiger partial charge is 0.240 e. The normalized spacial score (nSPS) is 21.9. The van der Waals surface area contributed by atoms with Crippen LogP contribution in [0.4, 0.5) is 0 Å². The van der Waals surface area contributed by atoms with Crippen LogP contribution in [0.1, 0.15) is 25.7 Å². The first-order valence-electron chi connectivity index (χ1n) is 7.66. The molecule has 1 aliphatic carbocycles. The fourth-order valence-electron chi connectivity index (χ4n) is 2.72. The molecule has 1 N–H and O–H groups in total. The minimum Gasteiger partial charge on any atom is -0.231 e. The van der Waals surface area contributed by atoms with Gasteiger partial charge < -0.3 is 0 Å². The number of hydrogen-bond acceptors (Lipinski definition) is 5. The van der Waals surface area contributed by atoms with Crippen molar-refractivity contribution >= 4 is 21.8 Å². The predicted octanol–water partition coefficient (Wildman–Crippen LogP) is 2.86. The highest BCUT2D eigenvalue weighted by atomic mass is 32.2. The second-order valence-electron chi connectivity index (χ2n) is 5.51. The lowest BCUT2D eigenvalue weighted by atomic mass is 9.96. The second-order valence-corrected chi connectivity index (χ2v) is 8.43. The highest BCUT2D eigenvalue weighted by Crippen LogP contribution is 2.32. The van der Waals surface area contributed by atoms with Crippen molar-refractivity contribution < 1.29 is 8.42 Å². The number of nitrogens with zero attached hydrogens (tertiary/aromatic N) is 2. The van der Waals surface area contributed by atoms with E-state index in [1.165, 1.54) is 0 Å². The molecule has 1 fully saturated rings. The highest BCUT2D eigenvalue weighted by molar-refractivity contribution is 7.99. The van der Waals surface area contributed by atoms with Crippen LogP contribution >= 0.6 is 11.8 Å². The first-order valence-corrected chi connectivity index (χ1v) is 10.0. The van der Waals surface area contributed by atoms with E-state index in [4.69, 9.17) is 0 Å². The van der Waals surface area contributed by atoms with E-state index in [2.05, 4.69) is 14.7 Å². The number of aromatic nitrogens is 2. The van der Waals surface area contributed by atoms with Crippen molar-refractivity contribution in [3.05, 3.63) is 48.8 Å². The summed E-state index contributed by atoms with van der Waals surface area (Å²) < 4.78 is 28.0. The second kappa shape index (κ2) is 7.42. The van der Waals surface area contributed by atoms with Crippen molar-refractivity contribution in [2.24, 2.45) is 0 Å². The van der Waals surface area contributed by atoms with Gasteiger partial charge in [-0.2, -0.15) is 0 Å². The van der Waals surface area contributed by atoms with Crippen molar-refractivity contribution in [3.63, 3.8) is 0 Å². The van der Waals surface area contributed by atoms with Gasteiger partial charge in [0, 0.05) is 23.7 Å². The zero-order valence-corrected chi connectivity index (χ0v) is 14.3. The summed E-state index contributed by atoms with van der Waals surface area (Å²) in [6, 6.07) is 10.2. The molecule has 1 heterocycles. The molecule has 0 radical (unpaired) electrons. The molecule has 0 aliphatic heterocycles. The van der Waals surface area contributed by atoms with Crippen LogP contribution in [-0.2, 0) is 10.0 Å². The van der Waals surface area contributed by atoms with Crippen molar-refractivity contribution in [3.8, 4) is 0 Å². The summed E-state index contributed by atoms with van der Waals surface area (Å²) in [5.41, 5.74) is 0. The van der Waals surface area contributed by atoms with Gasteiger partial charge >= 0.3 is 0 Å². The third-order valence-corrected chi connectivity index (χ3v) is 6.66. The zero-order chi connectivity index (χ0) is 16.1. The Kier molecular flexibility index (Phi) is 5.30. The summed E-state index contributed by atoms with van der Waals surface area (Å²) in [6.07, 6.45) is 7.37. The monoisotopic (exact) mass is 349 g/mol. The van der Waals surface area contributed by atoms with Gasteiger partial charge in [0.25, 0.3) is 0 Å². The van der Waals surface area contributed by atoms with Gasteiger partial charge in [0.1, 0.15) is 0 Å². The molecule has 0 bridgehead atoms. The molecule has 7 heteroatoms. The molecule has 5 nitrogen and oxygen atoms in total. The van der Waals surface area contributed by atoms with Gasteiger partial charge in [-0.3, -0.25) is 0 Å². The third-order valence-electron chi connectivity index (χ3n) is 3.86. The van der Waals surface area contributed by atoms with Crippen molar-refractivity contribution in [1.82, 2.24) is 14.7 Å². The van der Waals surface area contributed by atoms with E-state index in [1.54, 1.807) is 54.5 Å². The van der Waals surface area contributed by atoms with Gasteiger partial charge in [0.05, 0.1) is 4.90 Å². The molecule has 1 saturated carbocycles. The van der Waals surface area contributed by atoms with E-state index in [0.29, 0.717) is 10.1 Å². The summed E-state index contributed by atoms with van der Waals surface area (Å²) in [6.45, 7) is 0. The van der Waals surface area contributed by atoms with Crippen LogP contribution in [0.3, 0.4) is 0 Å². The Morgan fingerprint density at radius 3 is 2.43 bits per heavy atom. The number of sulfonamides is 1. The summed E-state index contributed by atoms with van der Waals surface area (Å²) in [5, 5.41) is 0.855. The quantitative estimate of drug-likeness (QED) is 0.841. The number of nitrogens with one attached hydrogen (secondary N) is 1. The Bertz CT molecular complexity index is 724. The molecule has 1 aliphatic rings. The summed E-state index contributed by atoms with van der Waals surface area (Å²) in [5.74, 6) is 0. The molecule has 122 valence electrons. The standard InChI is InChI=1S/C16H19N3O2S2/c20-23(21,13-7-2-1-3-8-13)19-14-9-4-5-10-15(14)22-16-17-11-6-12-18-16/h1-3,6-8,11-12,14-15,19H,4-5,9-10H2/t14-,15+/m1/s1. The molecule has 2 aromatic rings. The van der Waals surface area contributed by atoms with Gasteiger partial charge in [-0.1, -0.05) is 42.8 Å². The average Bonchev–Trinajstić information content (AvgIpc) is 2.58. The SMILES string of the molecule is O=S(=O)(N[C@@H]1CCCC[C@@H]1Sc1ncccn1)c1ccccc1. The molecule has 1 aromatic carbocycles. The molecule has 0 unspecified atom stereocenters. The third kappa shape index (κ3) is 4.31. The van der Waals surface area contributed by atoms with Crippen LogP contribution in [0.15, 0.2) is 58.8 Å². The average molecular weight is 349 g/mol. The van der Waals surface area contributed by atoms with E-state index in [-0.39, 0.29) is 11.3 Å². The lowest BCUT2D eigenvalue weighted by Crippen LogP contribution is -2.43. The minimum absolute atomic E-state index is 0.0947. The van der Waals surface area contributed by atoms with Crippen LogP contribution in [0.2, 0.25) is 0 Å². The summed E-state index contributed by atoms with van der Waals surface area (Å²) in [4.78, 5) is 8.78. The summed E-state index contributed by atoms with van der Waals surface area (Å²) >= 11 is 1.56. The summed E-state index contributed by atoms with van der Waals surface area (Å²) in [7, 11) is -3.49. The number of benzene rings is 1. The van der Waals surface area contributed by atoms with E-state index in [1.807, 2.05) is 6.07 Å². The van der Waals surface area contributed by atoms with E-state index < -0.39 is 10.0 Å². The molecule has 0 spiro atoms. The Morgan fingerprint density at radius 1 is 1.00 bits per heavy atom. The number of rotatable bonds is 5. The van der Waals surface area contributed by atoms with Crippen LogP contribution in [0.5, 0.6) is 0 Å². The van der Waals surface area contributed by atoms with Crippen LogP contribution < -0.4 is 4.72 Å². The van der Waals surface area contributed by atoms with E-state index in [0.717, 1.165) is 25.7 Å². The molecule has 0 saturated heterocycles. The Morgan fingerprint density at radius 2 is 1.70 bits per heavy atom. The maximum absolute atomic E-state index is 12.5. The molecule has 1 aromatic heterocycles. The highest BCUT2D eigenvalue weighted by Gasteiger charge is 2.30. The molecule has 23 heavy (non-hydrogen) atoms. The molecule has 0 amide bonds. The molecular weight excluding hydrogens is 330 g/mol. The van der Waals surface area contributed by atoms with Crippen LogP contribution in [-0.4, -0.2) is 29.7 Å².